The van der Waals surface area contributed by atoms with Crippen LogP contribution in [0.3, 0.4) is 0 Å². The van der Waals surface area contributed by atoms with Crippen molar-refractivity contribution in [3.8, 4) is 11.5 Å². The molecule has 0 saturated carbocycles. The fourth-order valence-electron chi connectivity index (χ4n) is 2.59. The molecule has 0 aromatic heterocycles. The number of rotatable bonds is 6. The van der Waals surface area contributed by atoms with Gasteiger partial charge in [-0.2, -0.15) is 0 Å². The minimum Gasteiger partial charge on any atom is -0.508 e. The van der Waals surface area contributed by atoms with Gasteiger partial charge < -0.3 is 20.5 Å². The molecule has 0 aliphatic heterocycles. The number of phenolic OH excluding ortho intramolecular Hbond substituents is 1. The summed E-state index contributed by atoms with van der Waals surface area (Å²) in [5, 5.41) is 14.9. The highest BCUT2D eigenvalue weighted by Gasteiger charge is 2.15. The second-order valence-corrected chi connectivity index (χ2v) is 6.16. The molecule has 0 saturated heterocycles. The molecular weight excluding hydrogens is 368 g/mol. The summed E-state index contributed by atoms with van der Waals surface area (Å²) in [7, 11) is 1.57. The Kier molecular flexibility index (Phi) is 6.27. The Bertz CT molecular complexity index is 1030. The zero-order valence-corrected chi connectivity index (χ0v) is 15.8. The predicted molar refractivity (Wildman–Crippen MR) is 112 cm³/mol. The Balaban J connectivity index is 1.88. The number of carbonyl (C=O) groups excluding carboxylic acids is 2. The van der Waals surface area contributed by atoms with Gasteiger partial charge in [-0.25, -0.2) is 0 Å². The molecule has 3 rings (SSSR count). The molecule has 2 amide bonds. The van der Waals surface area contributed by atoms with Gasteiger partial charge in [-0.1, -0.05) is 36.4 Å². The largest absolute Gasteiger partial charge is 0.508 e. The van der Waals surface area contributed by atoms with Gasteiger partial charge in [0.05, 0.1) is 7.11 Å². The van der Waals surface area contributed by atoms with E-state index in [1.54, 1.807) is 79.9 Å². The number of anilines is 1. The van der Waals surface area contributed by atoms with Gasteiger partial charge in [0.15, 0.2) is 0 Å². The number of benzene rings is 3. The summed E-state index contributed by atoms with van der Waals surface area (Å²) < 4.78 is 5.14. The normalized spacial score (nSPS) is 10.9. The highest BCUT2D eigenvalue weighted by molar-refractivity contribution is 6.10. The lowest BCUT2D eigenvalue weighted by Crippen LogP contribution is -2.30. The number of ether oxygens (including phenoxy) is 1. The zero-order chi connectivity index (χ0) is 20.6. The molecule has 29 heavy (non-hydrogen) atoms. The number of amides is 2. The van der Waals surface area contributed by atoms with Crippen molar-refractivity contribution in [2.75, 3.05) is 12.4 Å². The highest BCUT2D eigenvalue weighted by atomic mass is 16.5. The summed E-state index contributed by atoms with van der Waals surface area (Å²) >= 11 is 0. The van der Waals surface area contributed by atoms with Crippen LogP contribution in [0.2, 0.25) is 0 Å². The van der Waals surface area contributed by atoms with E-state index in [1.807, 2.05) is 0 Å². The van der Waals surface area contributed by atoms with E-state index < -0.39 is 11.8 Å². The monoisotopic (exact) mass is 388 g/mol. The number of carbonyl (C=O) groups is 2. The Morgan fingerprint density at radius 2 is 1.66 bits per heavy atom. The molecule has 0 unspecified atom stereocenters. The van der Waals surface area contributed by atoms with Crippen molar-refractivity contribution < 1.29 is 19.4 Å². The number of aromatic hydroxyl groups is 1. The first-order chi connectivity index (χ1) is 14.0. The van der Waals surface area contributed by atoms with E-state index in [1.165, 1.54) is 12.1 Å². The summed E-state index contributed by atoms with van der Waals surface area (Å²) in [5.41, 5.74) is 1.61. The van der Waals surface area contributed by atoms with E-state index in [0.29, 0.717) is 22.6 Å². The molecule has 0 spiro atoms. The van der Waals surface area contributed by atoms with Gasteiger partial charge >= 0.3 is 0 Å². The number of phenols is 1. The Morgan fingerprint density at radius 3 is 2.31 bits per heavy atom. The van der Waals surface area contributed by atoms with Crippen LogP contribution in [0.1, 0.15) is 15.9 Å². The lowest BCUT2D eigenvalue weighted by Gasteiger charge is -2.12. The zero-order valence-electron chi connectivity index (χ0n) is 15.8. The predicted octanol–water partition coefficient (Wildman–Crippen LogP) is 3.81. The van der Waals surface area contributed by atoms with Crippen LogP contribution in [0.4, 0.5) is 5.69 Å². The third-order valence-electron chi connectivity index (χ3n) is 4.06. The molecule has 146 valence electrons. The summed E-state index contributed by atoms with van der Waals surface area (Å²) in [4.78, 5) is 25.4. The van der Waals surface area contributed by atoms with Crippen LogP contribution in [-0.4, -0.2) is 24.0 Å². The van der Waals surface area contributed by atoms with Crippen molar-refractivity contribution >= 4 is 23.6 Å². The van der Waals surface area contributed by atoms with Gasteiger partial charge in [0, 0.05) is 17.3 Å². The standard InChI is InChI=1S/C23H20N2O4/c1-29-20-12-10-16(11-13-20)14-21(25-22(27)17-6-3-2-4-7-17)23(28)24-18-8-5-9-19(26)15-18/h2-15,26H,1H3,(H,24,28)(H,25,27)/b21-14-. The van der Waals surface area contributed by atoms with Gasteiger partial charge in [-0.05, 0) is 48.0 Å². The molecule has 0 fully saturated rings. The van der Waals surface area contributed by atoms with Gasteiger partial charge in [0.25, 0.3) is 11.8 Å². The highest BCUT2D eigenvalue weighted by Crippen LogP contribution is 2.18. The summed E-state index contributed by atoms with van der Waals surface area (Å²) in [6.45, 7) is 0. The molecule has 0 radical (unpaired) electrons. The number of hydrogen-bond donors (Lipinski definition) is 3. The molecule has 3 N–H and O–H groups in total. The summed E-state index contributed by atoms with van der Waals surface area (Å²) in [6, 6.07) is 21.9. The van der Waals surface area contributed by atoms with Crippen molar-refractivity contribution in [2.45, 2.75) is 0 Å². The second kappa shape index (κ2) is 9.23. The van der Waals surface area contributed by atoms with E-state index in [4.69, 9.17) is 4.74 Å². The SMILES string of the molecule is COc1ccc(/C=C(\NC(=O)c2ccccc2)C(=O)Nc2cccc(O)c2)cc1. The first-order valence-corrected chi connectivity index (χ1v) is 8.87. The molecule has 0 aliphatic rings. The van der Waals surface area contributed by atoms with E-state index in [2.05, 4.69) is 10.6 Å². The molecule has 3 aromatic rings. The Labute approximate surface area is 168 Å². The maximum absolute atomic E-state index is 12.8. The number of hydrogen-bond acceptors (Lipinski definition) is 4. The Hall–Kier alpha value is -4.06. The van der Waals surface area contributed by atoms with Crippen LogP contribution in [0.15, 0.2) is 84.6 Å². The van der Waals surface area contributed by atoms with E-state index in [0.717, 1.165) is 0 Å². The second-order valence-electron chi connectivity index (χ2n) is 6.16. The minimum absolute atomic E-state index is 0.0248. The molecule has 6 heteroatoms. The van der Waals surface area contributed by atoms with Gasteiger partial charge in [0.2, 0.25) is 0 Å². The van der Waals surface area contributed by atoms with Crippen LogP contribution >= 0.6 is 0 Å². The maximum atomic E-state index is 12.8. The molecule has 3 aromatic carbocycles. The summed E-state index contributed by atoms with van der Waals surface area (Å²) in [5.74, 6) is -0.217. The number of methoxy groups -OCH3 is 1. The smallest absolute Gasteiger partial charge is 0.272 e. The Morgan fingerprint density at radius 1 is 0.931 bits per heavy atom. The van der Waals surface area contributed by atoms with Crippen molar-refractivity contribution in [1.82, 2.24) is 5.32 Å². The van der Waals surface area contributed by atoms with Crippen molar-refractivity contribution in [3.05, 3.63) is 95.7 Å². The molecule has 0 heterocycles. The third-order valence-corrected chi connectivity index (χ3v) is 4.06. The molecular formula is C23H20N2O4. The lowest BCUT2D eigenvalue weighted by atomic mass is 10.1. The first kappa shape index (κ1) is 19.7. The van der Waals surface area contributed by atoms with E-state index in [-0.39, 0.29) is 11.4 Å². The van der Waals surface area contributed by atoms with Crippen LogP contribution in [0.25, 0.3) is 6.08 Å². The fourth-order valence-corrected chi connectivity index (χ4v) is 2.59. The lowest BCUT2D eigenvalue weighted by molar-refractivity contribution is -0.113. The average molecular weight is 388 g/mol. The summed E-state index contributed by atoms with van der Waals surface area (Å²) in [6.07, 6.45) is 1.57. The third kappa shape index (κ3) is 5.46. The minimum atomic E-state index is -0.518. The topological polar surface area (TPSA) is 87.7 Å². The van der Waals surface area contributed by atoms with E-state index >= 15 is 0 Å². The van der Waals surface area contributed by atoms with Gasteiger partial charge in [0.1, 0.15) is 17.2 Å². The van der Waals surface area contributed by atoms with Crippen LogP contribution in [-0.2, 0) is 4.79 Å². The van der Waals surface area contributed by atoms with Gasteiger partial charge in [-0.3, -0.25) is 9.59 Å². The fraction of sp³-hybridized carbons (Fsp3) is 0.0435. The van der Waals surface area contributed by atoms with Gasteiger partial charge in [-0.15, -0.1) is 0 Å². The molecule has 0 atom stereocenters. The maximum Gasteiger partial charge on any atom is 0.272 e. The molecule has 0 aliphatic carbocycles. The molecule has 6 nitrogen and oxygen atoms in total. The average Bonchev–Trinajstić information content (AvgIpc) is 2.74. The molecule has 0 bridgehead atoms. The van der Waals surface area contributed by atoms with Crippen molar-refractivity contribution in [1.29, 1.82) is 0 Å². The van der Waals surface area contributed by atoms with E-state index in [9.17, 15) is 14.7 Å². The van der Waals surface area contributed by atoms with Crippen molar-refractivity contribution in [2.24, 2.45) is 0 Å². The van der Waals surface area contributed by atoms with Crippen molar-refractivity contribution in [3.63, 3.8) is 0 Å². The van der Waals surface area contributed by atoms with Crippen LogP contribution in [0, 0.1) is 0 Å². The number of nitrogens with one attached hydrogen (secondary N) is 2. The van der Waals surface area contributed by atoms with Crippen LogP contribution < -0.4 is 15.4 Å². The quantitative estimate of drug-likeness (QED) is 0.561. The van der Waals surface area contributed by atoms with Crippen LogP contribution in [0.5, 0.6) is 11.5 Å². The first-order valence-electron chi connectivity index (χ1n) is 8.87.